The molecule has 1 aliphatic rings. The topological polar surface area (TPSA) is 58.6 Å². The maximum atomic E-state index is 11.3. The Hall–Kier alpha value is -2.21. The first-order valence-corrected chi connectivity index (χ1v) is 10.0. The highest BCUT2D eigenvalue weighted by Gasteiger charge is 2.33. The fourth-order valence-electron chi connectivity index (χ4n) is 3.19. The minimum absolute atomic E-state index is 0.127. The molecule has 2 N–H and O–H groups in total. The predicted octanol–water partition coefficient (Wildman–Crippen LogP) is 4.86. The molecule has 1 heterocycles. The van der Waals surface area contributed by atoms with Gasteiger partial charge in [-0.2, -0.15) is 0 Å². The van der Waals surface area contributed by atoms with Crippen LogP contribution in [0.4, 0.5) is 0 Å². The highest BCUT2D eigenvalue weighted by atomic mass is 35.5. The van der Waals surface area contributed by atoms with E-state index in [9.17, 15) is 9.90 Å². The summed E-state index contributed by atoms with van der Waals surface area (Å²) in [6.45, 7) is 0.419. The van der Waals surface area contributed by atoms with Crippen LogP contribution < -0.4 is 10.1 Å². The Labute approximate surface area is 166 Å². The molecule has 0 amide bonds. The van der Waals surface area contributed by atoms with E-state index in [2.05, 4.69) is 17.4 Å². The summed E-state index contributed by atoms with van der Waals surface area (Å²) in [6.07, 6.45) is 0. The van der Waals surface area contributed by atoms with Crippen LogP contribution in [0.5, 0.6) is 5.75 Å². The van der Waals surface area contributed by atoms with Crippen LogP contribution in [0.2, 0.25) is 5.02 Å². The molecule has 1 fully saturated rings. The highest BCUT2D eigenvalue weighted by molar-refractivity contribution is 7.99. The molecule has 4 nitrogen and oxygen atoms in total. The lowest BCUT2D eigenvalue weighted by atomic mass is 10.0. The molecule has 0 aliphatic carbocycles. The third-order valence-corrected chi connectivity index (χ3v) is 6.06. The number of nitrogens with one attached hydrogen (secondary N) is 1. The van der Waals surface area contributed by atoms with E-state index in [1.54, 1.807) is 11.8 Å². The largest absolute Gasteiger partial charge is 0.489 e. The lowest BCUT2D eigenvalue weighted by molar-refractivity contribution is -0.138. The zero-order valence-corrected chi connectivity index (χ0v) is 16.0. The first-order chi connectivity index (χ1) is 13.1. The zero-order chi connectivity index (χ0) is 18.8. The molecule has 0 radical (unpaired) electrons. The van der Waals surface area contributed by atoms with E-state index in [-0.39, 0.29) is 5.37 Å². The van der Waals surface area contributed by atoms with Crippen molar-refractivity contribution >= 4 is 40.1 Å². The minimum atomic E-state index is -0.825. The van der Waals surface area contributed by atoms with Gasteiger partial charge in [-0.25, -0.2) is 0 Å². The molecule has 0 bridgehead atoms. The van der Waals surface area contributed by atoms with Gasteiger partial charge in [-0.3, -0.25) is 10.1 Å². The second-order valence-corrected chi connectivity index (χ2v) is 7.96. The van der Waals surface area contributed by atoms with Crippen LogP contribution in [0.1, 0.15) is 16.5 Å². The molecule has 0 spiro atoms. The Morgan fingerprint density at radius 3 is 2.67 bits per heavy atom. The number of benzene rings is 3. The number of aliphatic carboxylic acids is 1. The molecule has 138 valence electrons. The molecule has 3 aromatic carbocycles. The summed E-state index contributed by atoms with van der Waals surface area (Å²) < 4.78 is 6.14. The number of hydrogen-bond donors (Lipinski definition) is 2. The van der Waals surface area contributed by atoms with Crippen LogP contribution in [-0.2, 0) is 11.4 Å². The van der Waals surface area contributed by atoms with Gasteiger partial charge in [0.1, 0.15) is 18.4 Å². The number of carboxylic acids is 1. The number of carboxylic acid groups (broad SMARTS) is 1. The van der Waals surface area contributed by atoms with Crippen molar-refractivity contribution in [3.8, 4) is 5.75 Å². The molecular formula is C21H18ClNO3S. The molecule has 1 saturated heterocycles. The van der Waals surface area contributed by atoms with Gasteiger partial charge in [0, 0.05) is 16.3 Å². The van der Waals surface area contributed by atoms with Crippen molar-refractivity contribution in [2.75, 3.05) is 5.75 Å². The summed E-state index contributed by atoms with van der Waals surface area (Å²) in [5.74, 6) is 0.466. The quantitative estimate of drug-likeness (QED) is 0.641. The molecule has 0 unspecified atom stereocenters. The zero-order valence-electron chi connectivity index (χ0n) is 14.4. The van der Waals surface area contributed by atoms with Gasteiger partial charge in [0.2, 0.25) is 0 Å². The third-order valence-electron chi connectivity index (χ3n) is 4.58. The fraction of sp³-hybridized carbons (Fsp3) is 0.190. The predicted molar refractivity (Wildman–Crippen MR) is 109 cm³/mol. The molecule has 27 heavy (non-hydrogen) atoms. The fourth-order valence-corrected chi connectivity index (χ4v) is 4.61. The average Bonchev–Trinajstić information content (AvgIpc) is 3.17. The standard InChI is InChI=1S/C21H18ClNO3S/c22-15-8-5-13(6-9-15)11-26-18-10-7-14-3-1-2-4-16(14)19(18)20-23-17(12-27-20)21(24)25/h1-10,17,20,23H,11-12H2,(H,24,25)/t17-,20+/m0/s1. The number of halogens is 1. The first kappa shape index (κ1) is 18.2. The van der Waals surface area contributed by atoms with E-state index in [1.165, 1.54) is 0 Å². The van der Waals surface area contributed by atoms with Crippen LogP contribution in [0.25, 0.3) is 10.8 Å². The van der Waals surface area contributed by atoms with Gasteiger partial charge < -0.3 is 9.84 Å². The monoisotopic (exact) mass is 399 g/mol. The van der Waals surface area contributed by atoms with Crippen molar-refractivity contribution in [1.29, 1.82) is 0 Å². The van der Waals surface area contributed by atoms with Gasteiger partial charge in [-0.05, 0) is 34.5 Å². The second kappa shape index (κ2) is 7.80. The Morgan fingerprint density at radius 1 is 1.15 bits per heavy atom. The van der Waals surface area contributed by atoms with Crippen LogP contribution in [-0.4, -0.2) is 22.9 Å². The van der Waals surface area contributed by atoms with Gasteiger partial charge in [0.05, 0.1) is 5.37 Å². The van der Waals surface area contributed by atoms with Crippen molar-refractivity contribution in [3.05, 3.63) is 76.8 Å². The van der Waals surface area contributed by atoms with Crippen LogP contribution in [0.15, 0.2) is 60.7 Å². The van der Waals surface area contributed by atoms with Gasteiger partial charge in [-0.15, -0.1) is 11.8 Å². The van der Waals surface area contributed by atoms with Crippen molar-refractivity contribution in [2.45, 2.75) is 18.0 Å². The minimum Gasteiger partial charge on any atom is -0.489 e. The SMILES string of the molecule is O=C(O)[C@@H]1CS[C@H](c2c(OCc3ccc(Cl)cc3)ccc3ccccc23)N1. The molecule has 3 aromatic rings. The Bertz CT molecular complexity index is 977. The van der Waals surface area contributed by atoms with Crippen molar-refractivity contribution in [2.24, 2.45) is 0 Å². The number of thioether (sulfide) groups is 1. The summed E-state index contributed by atoms with van der Waals surface area (Å²) >= 11 is 7.54. The Kier molecular flexibility index (Phi) is 5.25. The summed E-state index contributed by atoms with van der Waals surface area (Å²) in [4.78, 5) is 11.3. The third kappa shape index (κ3) is 3.90. The normalized spacial score (nSPS) is 19.3. The summed E-state index contributed by atoms with van der Waals surface area (Å²) in [5.41, 5.74) is 2.02. The molecule has 2 atom stereocenters. The lowest BCUT2D eigenvalue weighted by Gasteiger charge is -2.19. The van der Waals surface area contributed by atoms with Gasteiger partial charge in [-0.1, -0.05) is 54.1 Å². The van der Waals surface area contributed by atoms with Crippen molar-refractivity contribution in [1.82, 2.24) is 5.32 Å². The van der Waals surface area contributed by atoms with Gasteiger partial charge in [0.15, 0.2) is 0 Å². The van der Waals surface area contributed by atoms with E-state index in [4.69, 9.17) is 16.3 Å². The van der Waals surface area contributed by atoms with Gasteiger partial charge in [0.25, 0.3) is 0 Å². The molecule has 0 saturated carbocycles. The van der Waals surface area contributed by atoms with E-state index in [0.717, 1.165) is 27.6 Å². The second-order valence-electron chi connectivity index (χ2n) is 6.38. The van der Waals surface area contributed by atoms with E-state index >= 15 is 0 Å². The average molecular weight is 400 g/mol. The molecule has 4 rings (SSSR count). The number of fused-ring (bicyclic) bond motifs is 1. The molecule has 1 aliphatic heterocycles. The van der Waals surface area contributed by atoms with E-state index < -0.39 is 12.0 Å². The first-order valence-electron chi connectivity index (χ1n) is 8.61. The van der Waals surface area contributed by atoms with E-state index in [0.29, 0.717) is 17.4 Å². The smallest absolute Gasteiger partial charge is 0.321 e. The van der Waals surface area contributed by atoms with Crippen LogP contribution >= 0.6 is 23.4 Å². The highest BCUT2D eigenvalue weighted by Crippen LogP contribution is 2.42. The molecule has 6 heteroatoms. The summed E-state index contributed by atoms with van der Waals surface area (Å²) in [6, 6.07) is 19.1. The summed E-state index contributed by atoms with van der Waals surface area (Å²) in [5, 5.41) is 15.3. The Balaban J connectivity index is 1.67. The number of carbonyl (C=O) groups is 1. The van der Waals surface area contributed by atoms with Crippen LogP contribution in [0.3, 0.4) is 0 Å². The number of ether oxygens (including phenoxy) is 1. The molecule has 0 aromatic heterocycles. The van der Waals surface area contributed by atoms with Gasteiger partial charge >= 0.3 is 5.97 Å². The van der Waals surface area contributed by atoms with Crippen molar-refractivity contribution in [3.63, 3.8) is 0 Å². The molecular weight excluding hydrogens is 382 g/mol. The number of rotatable bonds is 5. The lowest BCUT2D eigenvalue weighted by Crippen LogP contribution is -2.33. The maximum absolute atomic E-state index is 11.3. The Morgan fingerprint density at radius 2 is 1.93 bits per heavy atom. The van der Waals surface area contributed by atoms with Crippen molar-refractivity contribution < 1.29 is 14.6 Å². The van der Waals surface area contributed by atoms with Crippen LogP contribution in [0, 0.1) is 0 Å². The number of hydrogen-bond acceptors (Lipinski definition) is 4. The maximum Gasteiger partial charge on any atom is 0.321 e. The van der Waals surface area contributed by atoms with E-state index in [1.807, 2.05) is 48.5 Å². The summed E-state index contributed by atoms with van der Waals surface area (Å²) in [7, 11) is 0.